The second kappa shape index (κ2) is 10.2. The number of hydrogen-bond acceptors (Lipinski definition) is 7. The van der Waals surface area contributed by atoms with E-state index in [0.717, 1.165) is 17.9 Å². The SMILES string of the molecule is CCCC[C@@H](CC(=O)NC(=O)[C@H]1CCCN1C1=CC=C(F)CN1O)N(O)C=O. The molecule has 0 unspecified atom stereocenters. The van der Waals surface area contributed by atoms with E-state index in [4.69, 9.17) is 0 Å². The third-order valence-corrected chi connectivity index (χ3v) is 4.88. The molecule has 9 nitrogen and oxygen atoms in total. The Labute approximate surface area is 163 Å². The van der Waals surface area contributed by atoms with Crippen LogP contribution in [-0.4, -0.2) is 68.8 Å². The quantitative estimate of drug-likeness (QED) is 0.305. The van der Waals surface area contributed by atoms with Gasteiger partial charge in [-0.15, -0.1) is 0 Å². The predicted molar refractivity (Wildman–Crippen MR) is 96.3 cm³/mol. The number of carbonyl (C=O) groups excluding carboxylic acids is 3. The molecule has 1 saturated heterocycles. The smallest absolute Gasteiger partial charge is 0.249 e. The molecule has 2 heterocycles. The zero-order valence-corrected chi connectivity index (χ0v) is 15.9. The molecule has 1 fully saturated rings. The van der Waals surface area contributed by atoms with E-state index in [1.54, 1.807) is 4.90 Å². The van der Waals surface area contributed by atoms with Gasteiger partial charge in [-0.3, -0.25) is 30.1 Å². The highest BCUT2D eigenvalue weighted by atomic mass is 19.1. The van der Waals surface area contributed by atoms with Crippen LogP contribution in [0.4, 0.5) is 4.39 Å². The standard InChI is InChI=1S/C18H27FN4O5/c1-2-3-5-14(23(28)12-24)10-16(25)20-18(26)15-6-4-9-21(15)17-8-7-13(19)11-22(17)27/h7-8,12,14-15,27-28H,2-6,9-11H2,1H3,(H,20,25,26)/t14-,15+/m0/s1. The van der Waals surface area contributed by atoms with Gasteiger partial charge in [-0.2, -0.15) is 0 Å². The van der Waals surface area contributed by atoms with Gasteiger partial charge in [0.1, 0.15) is 17.7 Å². The van der Waals surface area contributed by atoms with Crippen LogP contribution in [0.3, 0.4) is 0 Å². The van der Waals surface area contributed by atoms with Crippen LogP contribution in [0.1, 0.15) is 45.4 Å². The first-order chi connectivity index (χ1) is 13.4. The Balaban J connectivity index is 1.98. The first-order valence-corrected chi connectivity index (χ1v) is 9.43. The Hall–Kier alpha value is -2.46. The van der Waals surface area contributed by atoms with Gasteiger partial charge in [0.05, 0.1) is 12.6 Å². The van der Waals surface area contributed by atoms with Crippen molar-refractivity contribution >= 4 is 18.2 Å². The summed E-state index contributed by atoms with van der Waals surface area (Å²) < 4.78 is 13.2. The van der Waals surface area contributed by atoms with Crippen molar-refractivity contribution in [1.82, 2.24) is 20.3 Å². The van der Waals surface area contributed by atoms with Crippen molar-refractivity contribution in [2.45, 2.75) is 57.5 Å². The second-order valence-electron chi connectivity index (χ2n) is 6.95. The molecule has 0 bridgehead atoms. The molecule has 3 amide bonds. The highest BCUT2D eigenvalue weighted by molar-refractivity contribution is 5.98. The first kappa shape index (κ1) is 21.8. The van der Waals surface area contributed by atoms with Crippen LogP contribution in [-0.2, 0) is 14.4 Å². The zero-order chi connectivity index (χ0) is 20.7. The van der Waals surface area contributed by atoms with Crippen molar-refractivity contribution in [2.24, 2.45) is 0 Å². The minimum atomic E-state index is -0.702. The normalized spacial score (nSPS) is 20.4. The lowest BCUT2D eigenvalue weighted by molar-refractivity contribution is -0.163. The summed E-state index contributed by atoms with van der Waals surface area (Å²) in [5.41, 5.74) is 0. The van der Waals surface area contributed by atoms with Gasteiger partial charge in [-0.25, -0.2) is 14.5 Å². The zero-order valence-electron chi connectivity index (χ0n) is 15.9. The van der Waals surface area contributed by atoms with Gasteiger partial charge in [0.25, 0.3) is 0 Å². The number of likely N-dealkylation sites (tertiary alicyclic amines) is 1. The number of imide groups is 1. The lowest BCUT2D eigenvalue weighted by atomic mass is 10.1. The predicted octanol–water partition coefficient (Wildman–Crippen LogP) is 1.29. The van der Waals surface area contributed by atoms with Crippen LogP contribution >= 0.6 is 0 Å². The van der Waals surface area contributed by atoms with Gasteiger partial charge in [-0.05, 0) is 31.4 Å². The molecule has 0 aliphatic carbocycles. The number of hydroxylamine groups is 4. The largest absolute Gasteiger partial charge is 0.345 e. The summed E-state index contributed by atoms with van der Waals surface area (Å²) in [5, 5.41) is 23.1. The summed E-state index contributed by atoms with van der Waals surface area (Å²) in [6.07, 6.45) is 5.82. The summed E-state index contributed by atoms with van der Waals surface area (Å²) in [4.78, 5) is 37.3. The summed E-state index contributed by atoms with van der Waals surface area (Å²) in [6.45, 7) is 2.13. The number of halogens is 1. The van der Waals surface area contributed by atoms with Gasteiger partial charge >= 0.3 is 0 Å². The summed E-state index contributed by atoms with van der Waals surface area (Å²) in [7, 11) is 0. The molecule has 0 aromatic carbocycles. The maximum atomic E-state index is 13.2. The highest BCUT2D eigenvalue weighted by Crippen LogP contribution is 2.26. The Morgan fingerprint density at radius 3 is 2.86 bits per heavy atom. The van der Waals surface area contributed by atoms with E-state index in [1.165, 1.54) is 12.2 Å². The second-order valence-corrected chi connectivity index (χ2v) is 6.95. The maximum Gasteiger partial charge on any atom is 0.249 e. The molecule has 0 spiro atoms. The molecule has 2 aliphatic heterocycles. The van der Waals surface area contributed by atoms with Crippen LogP contribution in [0.5, 0.6) is 0 Å². The molecule has 10 heteroatoms. The van der Waals surface area contributed by atoms with Crippen molar-refractivity contribution < 1.29 is 29.2 Å². The number of allylic oxidation sites excluding steroid dienone is 2. The summed E-state index contributed by atoms with van der Waals surface area (Å²) >= 11 is 0. The average molecular weight is 398 g/mol. The molecule has 0 aromatic heterocycles. The van der Waals surface area contributed by atoms with Gasteiger partial charge < -0.3 is 4.90 Å². The molecule has 28 heavy (non-hydrogen) atoms. The molecular formula is C18H27FN4O5. The highest BCUT2D eigenvalue weighted by Gasteiger charge is 2.35. The van der Waals surface area contributed by atoms with E-state index in [9.17, 15) is 29.2 Å². The number of carbonyl (C=O) groups is 3. The molecule has 2 atom stereocenters. The van der Waals surface area contributed by atoms with Gasteiger partial charge in [0, 0.05) is 13.0 Å². The summed E-state index contributed by atoms with van der Waals surface area (Å²) in [5.74, 6) is -1.32. The average Bonchev–Trinajstić information content (AvgIpc) is 3.14. The Kier molecular flexibility index (Phi) is 7.94. The third kappa shape index (κ3) is 5.52. The van der Waals surface area contributed by atoms with Crippen molar-refractivity contribution in [3.8, 4) is 0 Å². The van der Waals surface area contributed by atoms with E-state index in [-0.39, 0.29) is 19.4 Å². The van der Waals surface area contributed by atoms with Crippen LogP contribution in [0.15, 0.2) is 23.8 Å². The molecular weight excluding hydrogens is 371 g/mol. The fourth-order valence-electron chi connectivity index (χ4n) is 3.42. The number of rotatable bonds is 9. The van der Waals surface area contributed by atoms with Gasteiger partial charge in [0.15, 0.2) is 0 Å². The van der Waals surface area contributed by atoms with Crippen LogP contribution in [0.25, 0.3) is 0 Å². The van der Waals surface area contributed by atoms with Crippen LogP contribution in [0, 0.1) is 0 Å². The first-order valence-electron chi connectivity index (χ1n) is 9.43. The lowest BCUT2D eigenvalue weighted by Gasteiger charge is -2.33. The van der Waals surface area contributed by atoms with E-state index >= 15 is 0 Å². The molecule has 0 saturated carbocycles. The molecule has 0 aromatic rings. The number of amides is 3. The van der Waals surface area contributed by atoms with Crippen molar-refractivity contribution in [2.75, 3.05) is 13.1 Å². The fraction of sp³-hybridized carbons (Fsp3) is 0.611. The lowest BCUT2D eigenvalue weighted by Crippen LogP contribution is -2.48. The Morgan fingerprint density at radius 2 is 2.21 bits per heavy atom. The molecule has 156 valence electrons. The van der Waals surface area contributed by atoms with E-state index in [2.05, 4.69) is 5.32 Å². The van der Waals surface area contributed by atoms with Gasteiger partial charge in [-0.1, -0.05) is 19.8 Å². The maximum absolute atomic E-state index is 13.2. The van der Waals surface area contributed by atoms with Crippen LogP contribution in [0.2, 0.25) is 0 Å². The Morgan fingerprint density at radius 1 is 1.46 bits per heavy atom. The van der Waals surface area contributed by atoms with E-state index in [1.807, 2.05) is 6.92 Å². The fourth-order valence-corrected chi connectivity index (χ4v) is 3.42. The summed E-state index contributed by atoms with van der Waals surface area (Å²) in [6, 6.07) is -1.38. The van der Waals surface area contributed by atoms with Crippen molar-refractivity contribution in [3.63, 3.8) is 0 Å². The monoisotopic (exact) mass is 398 g/mol. The molecule has 2 rings (SSSR count). The number of nitrogens with one attached hydrogen (secondary N) is 1. The number of nitrogens with zero attached hydrogens (tertiary/aromatic N) is 3. The number of hydrogen-bond donors (Lipinski definition) is 3. The minimum Gasteiger partial charge on any atom is -0.345 e. The molecule has 3 N–H and O–H groups in total. The van der Waals surface area contributed by atoms with Crippen molar-refractivity contribution in [3.05, 3.63) is 23.8 Å². The van der Waals surface area contributed by atoms with E-state index in [0.29, 0.717) is 36.7 Å². The molecule has 0 radical (unpaired) electrons. The molecule has 2 aliphatic rings. The Bertz CT molecular complexity index is 654. The topological polar surface area (TPSA) is 113 Å². The minimum absolute atomic E-state index is 0.198. The third-order valence-electron chi connectivity index (χ3n) is 4.88. The van der Waals surface area contributed by atoms with Crippen molar-refractivity contribution in [1.29, 1.82) is 0 Å². The number of unbranched alkanes of at least 4 members (excludes halogenated alkanes) is 1. The van der Waals surface area contributed by atoms with Crippen LogP contribution < -0.4 is 5.32 Å². The van der Waals surface area contributed by atoms with Gasteiger partial charge in [0.2, 0.25) is 18.2 Å². The van der Waals surface area contributed by atoms with E-state index < -0.39 is 29.7 Å².